The molecule has 1 aromatic rings. The van der Waals surface area contributed by atoms with Gasteiger partial charge in [-0.3, -0.25) is 14.4 Å². The average Bonchev–Trinajstić information content (AvgIpc) is 3.59. The smallest absolute Gasteiger partial charge is 0.253 e. The second kappa shape index (κ2) is 12.0. The third kappa shape index (κ3) is 4.77. The second-order valence-corrected chi connectivity index (χ2v) is 11.7. The number of carbonyl (C=O) groups excluding carboxylic acids is 3. The Labute approximate surface area is 243 Å². The lowest BCUT2D eigenvalue weighted by Crippen LogP contribution is -2.60. The van der Waals surface area contributed by atoms with Gasteiger partial charge in [0, 0.05) is 25.8 Å². The fourth-order valence-corrected chi connectivity index (χ4v) is 7.36. The van der Waals surface area contributed by atoms with Gasteiger partial charge in [-0.05, 0) is 49.4 Å². The number of hydrogen-bond donors (Lipinski definition) is 1. The third-order valence-corrected chi connectivity index (χ3v) is 9.70. The van der Waals surface area contributed by atoms with Gasteiger partial charge in [0.15, 0.2) is 0 Å². The number of ether oxygens (including phenoxy) is 2. The van der Waals surface area contributed by atoms with E-state index in [4.69, 9.17) is 9.47 Å². The summed E-state index contributed by atoms with van der Waals surface area (Å²) in [5, 5.41) is 10.6. The summed E-state index contributed by atoms with van der Waals surface area (Å²) in [6.45, 7) is 13.8. The molecule has 224 valence electrons. The van der Waals surface area contributed by atoms with E-state index in [9.17, 15) is 19.5 Å². The molecule has 0 radical (unpaired) electrons. The first kappa shape index (κ1) is 30.8. The molecule has 4 rings (SSSR count). The number of carbonyl (C=O) groups is 3. The number of amides is 3. The van der Waals surface area contributed by atoms with Gasteiger partial charge in [0.05, 0.1) is 37.2 Å². The number of anilines is 1. The molecule has 1 aromatic carbocycles. The summed E-state index contributed by atoms with van der Waals surface area (Å²) in [7, 11) is 3.28. The van der Waals surface area contributed by atoms with Crippen molar-refractivity contribution in [3.05, 3.63) is 49.6 Å². The predicted molar refractivity (Wildman–Crippen MR) is 157 cm³/mol. The normalized spacial score (nSPS) is 29.6. The van der Waals surface area contributed by atoms with Gasteiger partial charge in [-0.25, -0.2) is 0 Å². The Kier molecular flexibility index (Phi) is 8.99. The van der Waals surface area contributed by atoms with Gasteiger partial charge >= 0.3 is 0 Å². The largest absolute Gasteiger partial charge is 0.497 e. The summed E-state index contributed by atoms with van der Waals surface area (Å²) >= 11 is 0. The van der Waals surface area contributed by atoms with Crippen molar-refractivity contribution >= 4 is 23.4 Å². The topological polar surface area (TPSA) is 99.6 Å². The zero-order valence-corrected chi connectivity index (χ0v) is 25.0. The number of methoxy groups -OCH3 is 1. The first-order chi connectivity index (χ1) is 19.6. The first-order valence-corrected chi connectivity index (χ1v) is 14.7. The minimum Gasteiger partial charge on any atom is -0.497 e. The maximum Gasteiger partial charge on any atom is 0.253 e. The van der Waals surface area contributed by atoms with Crippen molar-refractivity contribution in [2.24, 2.45) is 17.8 Å². The lowest BCUT2D eigenvalue weighted by atomic mass is 9.64. The molecule has 41 heavy (non-hydrogen) atoms. The van der Waals surface area contributed by atoms with Crippen LogP contribution in [0.25, 0.3) is 0 Å². The van der Waals surface area contributed by atoms with Crippen molar-refractivity contribution in [3.63, 3.8) is 0 Å². The Morgan fingerprint density at radius 1 is 1.17 bits per heavy atom. The van der Waals surface area contributed by atoms with Crippen LogP contribution in [0.1, 0.15) is 46.5 Å². The molecule has 3 fully saturated rings. The molecule has 0 aliphatic carbocycles. The lowest BCUT2D eigenvalue weighted by Gasteiger charge is -2.41. The van der Waals surface area contributed by atoms with E-state index in [0.29, 0.717) is 43.7 Å². The standard InChI is InChI=1S/C32H45N3O6/c1-8-18-33(6)28(37)25-26-29(38)35(24(20-36)21(5)10-3)27(32(26)17-16-31(25,11-4)41-32)30(39)34(19-9-2)22-12-14-23(40-7)15-13-22/h8-9,12-15,21,24-27,36H,1-2,10-11,16-20H2,3-7H3/t21-,24-,25+,26-,27?,31-,32?/m0/s1. The molecule has 3 saturated heterocycles. The summed E-state index contributed by atoms with van der Waals surface area (Å²) in [4.78, 5) is 48.1. The first-order valence-electron chi connectivity index (χ1n) is 14.7. The number of likely N-dealkylation sites (tertiary alicyclic amines) is 1. The highest BCUT2D eigenvalue weighted by Crippen LogP contribution is 2.65. The molecule has 1 N–H and O–H groups in total. The van der Waals surface area contributed by atoms with Crippen LogP contribution in [0.3, 0.4) is 0 Å². The van der Waals surface area contributed by atoms with Crippen molar-refractivity contribution in [2.45, 2.75) is 69.7 Å². The zero-order chi connectivity index (χ0) is 30.1. The summed E-state index contributed by atoms with van der Waals surface area (Å²) in [5.74, 6) is -1.78. The molecule has 9 heteroatoms. The maximum absolute atomic E-state index is 14.8. The van der Waals surface area contributed by atoms with Crippen LogP contribution < -0.4 is 9.64 Å². The number of rotatable bonds is 13. The molecule has 2 bridgehead atoms. The van der Waals surface area contributed by atoms with E-state index in [1.807, 2.05) is 20.8 Å². The van der Waals surface area contributed by atoms with Gasteiger partial charge in [-0.15, -0.1) is 13.2 Å². The molecule has 3 heterocycles. The molecule has 3 amide bonds. The van der Waals surface area contributed by atoms with E-state index < -0.39 is 35.1 Å². The summed E-state index contributed by atoms with van der Waals surface area (Å²) in [6.07, 6.45) is 5.59. The van der Waals surface area contributed by atoms with Crippen molar-refractivity contribution in [3.8, 4) is 5.75 Å². The number of benzene rings is 1. The monoisotopic (exact) mass is 567 g/mol. The zero-order valence-electron chi connectivity index (χ0n) is 25.0. The molecule has 0 aromatic heterocycles. The molecule has 2 unspecified atom stereocenters. The predicted octanol–water partition coefficient (Wildman–Crippen LogP) is 3.42. The minimum absolute atomic E-state index is 0.0850. The molecule has 9 nitrogen and oxygen atoms in total. The fourth-order valence-electron chi connectivity index (χ4n) is 7.36. The highest BCUT2D eigenvalue weighted by atomic mass is 16.5. The second-order valence-electron chi connectivity index (χ2n) is 11.7. The minimum atomic E-state index is -1.19. The molecule has 3 aliphatic rings. The van der Waals surface area contributed by atoms with Crippen LogP contribution in [0.2, 0.25) is 0 Å². The third-order valence-electron chi connectivity index (χ3n) is 9.70. The average molecular weight is 568 g/mol. The summed E-state index contributed by atoms with van der Waals surface area (Å²) in [6, 6.07) is 5.54. The summed E-state index contributed by atoms with van der Waals surface area (Å²) in [5.41, 5.74) is -1.40. The number of aliphatic hydroxyl groups is 1. The van der Waals surface area contributed by atoms with Gasteiger partial charge in [-0.1, -0.05) is 39.3 Å². The van der Waals surface area contributed by atoms with Crippen LogP contribution in [0.15, 0.2) is 49.6 Å². The van der Waals surface area contributed by atoms with Crippen molar-refractivity contribution < 1.29 is 29.0 Å². The van der Waals surface area contributed by atoms with E-state index in [1.54, 1.807) is 65.3 Å². The van der Waals surface area contributed by atoms with Crippen LogP contribution >= 0.6 is 0 Å². The van der Waals surface area contributed by atoms with Gasteiger partial charge < -0.3 is 29.3 Å². The van der Waals surface area contributed by atoms with Crippen LogP contribution in [0.5, 0.6) is 5.75 Å². The number of nitrogens with zero attached hydrogens (tertiary/aromatic N) is 3. The number of likely N-dealkylation sites (N-methyl/N-ethyl adjacent to an activating group) is 1. The Balaban J connectivity index is 1.88. The number of aliphatic hydroxyl groups excluding tert-OH is 1. The molecule has 7 atom stereocenters. The van der Waals surface area contributed by atoms with E-state index >= 15 is 0 Å². The molecular formula is C32H45N3O6. The van der Waals surface area contributed by atoms with Gasteiger partial charge in [-0.2, -0.15) is 0 Å². The van der Waals surface area contributed by atoms with Crippen LogP contribution in [-0.4, -0.2) is 89.8 Å². The maximum atomic E-state index is 14.8. The highest BCUT2D eigenvalue weighted by molar-refractivity contribution is 6.05. The van der Waals surface area contributed by atoms with E-state index in [-0.39, 0.29) is 36.8 Å². The lowest BCUT2D eigenvalue weighted by molar-refractivity contribution is -0.154. The molecule has 3 aliphatic heterocycles. The van der Waals surface area contributed by atoms with Crippen molar-refractivity contribution in [2.75, 3.05) is 38.8 Å². The van der Waals surface area contributed by atoms with Crippen molar-refractivity contribution in [1.29, 1.82) is 0 Å². The van der Waals surface area contributed by atoms with Crippen LogP contribution in [0, 0.1) is 17.8 Å². The quantitative estimate of drug-likeness (QED) is 0.367. The van der Waals surface area contributed by atoms with E-state index in [1.165, 1.54) is 0 Å². The summed E-state index contributed by atoms with van der Waals surface area (Å²) < 4.78 is 12.2. The Bertz CT molecular complexity index is 1170. The Morgan fingerprint density at radius 3 is 2.37 bits per heavy atom. The van der Waals surface area contributed by atoms with Gasteiger partial charge in [0.1, 0.15) is 17.4 Å². The van der Waals surface area contributed by atoms with Crippen LogP contribution in [-0.2, 0) is 19.1 Å². The van der Waals surface area contributed by atoms with Gasteiger partial charge in [0.2, 0.25) is 11.8 Å². The highest BCUT2D eigenvalue weighted by Gasteiger charge is 2.79. The number of hydrogen-bond acceptors (Lipinski definition) is 6. The molecule has 0 saturated carbocycles. The molecule has 1 spiro atoms. The Morgan fingerprint density at radius 2 is 1.83 bits per heavy atom. The van der Waals surface area contributed by atoms with E-state index in [2.05, 4.69) is 13.2 Å². The SMILES string of the molecule is C=CCN(C)C(=O)[C@H]1[C@H]2C(=O)N([C@@H](CO)[C@@H](C)CC)C(C(=O)N(CC=C)c3ccc(OC)cc3)C23CC[C@]1(CC)O3. The van der Waals surface area contributed by atoms with Crippen molar-refractivity contribution in [1.82, 2.24) is 9.80 Å². The van der Waals surface area contributed by atoms with Crippen LogP contribution in [0.4, 0.5) is 5.69 Å². The Hall–Kier alpha value is -3.17. The molecular weight excluding hydrogens is 522 g/mol. The van der Waals surface area contributed by atoms with Gasteiger partial charge in [0.25, 0.3) is 5.91 Å². The van der Waals surface area contributed by atoms with E-state index in [0.717, 1.165) is 0 Å². The fraction of sp³-hybridized carbons (Fsp3) is 0.594. The number of fused-ring (bicyclic) bond motifs is 1.